The second-order valence-corrected chi connectivity index (χ2v) is 8.54. The number of carbonyl (C=O) groups is 2. The number of allylic oxidation sites excluding steroid dienone is 2. The highest BCUT2D eigenvalue weighted by atomic mass is 16.5. The van der Waals surface area contributed by atoms with E-state index in [2.05, 4.69) is 26.8 Å². The van der Waals surface area contributed by atoms with Gasteiger partial charge in [0.05, 0.1) is 0 Å². The molecule has 1 aliphatic carbocycles. The average molecular weight is 403 g/mol. The molecule has 1 aromatic carbocycles. The molecule has 0 saturated carbocycles. The summed E-state index contributed by atoms with van der Waals surface area (Å²) in [5.41, 5.74) is 3.95. The maximum absolute atomic E-state index is 11.8. The Hall–Kier alpha value is -2.30. The number of rotatable bonds is 7. The van der Waals surface area contributed by atoms with Gasteiger partial charge in [-0.15, -0.1) is 0 Å². The first kappa shape index (κ1) is 23.0. The van der Waals surface area contributed by atoms with E-state index >= 15 is 0 Å². The molecular formula is C24H34O5. The summed E-state index contributed by atoms with van der Waals surface area (Å²) in [6, 6.07) is 3.68. The normalized spacial score (nSPS) is 21.7. The number of hydrogen-bond acceptors (Lipinski definition) is 5. The Morgan fingerprint density at radius 3 is 2.48 bits per heavy atom. The Morgan fingerprint density at radius 1 is 1.21 bits per heavy atom. The largest absolute Gasteiger partial charge is 0.508 e. The van der Waals surface area contributed by atoms with Crippen LogP contribution in [0, 0.1) is 5.92 Å². The number of aromatic hydroxyl groups is 1. The third-order valence-corrected chi connectivity index (χ3v) is 5.64. The molecule has 0 heterocycles. The van der Waals surface area contributed by atoms with E-state index in [9.17, 15) is 14.7 Å². The van der Waals surface area contributed by atoms with E-state index in [1.54, 1.807) is 6.07 Å². The maximum atomic E-state index is 11.8. The van der Waals surface area contributed by atoms with Crippen molar-refractivity contribution < 1.29 is 24.2 Å². The summed E-state index contributed by atoms with van der Waals surface area (Å²) in [6.07, 6.45) is 4.58. The Bertz CT molecular complexity index is 776. The van der Waals surface area contributed by atoms with Gasteiger partial charge in [0, 0.05) is 25.3 Å². The van der Waals surface area contributed by atoms with Crippen LogP contribution in [0.4, 0.5) is 0 Å². The van der Waals surface area contributed by atoms with Crippen molar-refractivity contribution in [3.8, 4) is 5.75 Å². The third-order valence-electron chi connectivity index (χ3n) is 5.64. The van der Waals surface area contributed by atoms with Gasteiger partial charge in [-0.05, 0) is 62.1 Å². The predicted octanol–water partition coefficient (Wildman–Crippen LogP) is 5.36. The molecule has 0 radical (unpaired) electrons. The van der Waals surface area contributed by atoms with Gasteiger partial charge in [0.15, 0.2) is 0 Å². The van der Waals surface area contributed by atoms with E-state index in [1.165, 1.54) is 19.4 Å². The van der Waals surface area contributed by atoms with Gasteiger partial charge < -0.3 is 14.6 Å². The molecule has 160 valence electrons. The van der Waals surface area contributed by atoms with E-state index in [0.717, 1.165) is 29.5 Å². The Labute approximate surface area is 174 Å². The molecule has 5 heteroatoms. The minimum absolute atomic E-state index is 0.0150. The lowest BCUT2D eigenvalue weighted by Crippen LogP contribution is -2.35. The van der Waals surface area contributed by atoms with Gasteiger partial charge in [-0.1, -0.05) is 31.6 Å². The number of benzene rings is 1. The fourth-order valence-electron chi connectivity index (χ4n) is 4.44. The SMILES string of the molecule is CC(=O)OCc1cc(O)c2c(c1)[C@H]([C@@H](C)CCC=C(C)C)[C@H](OC(C)=O)C[C@H]2C. The monoisotopic (exact) mass is 402 g/mol. The van der Waals surface area contributed by atoms with Crippen LogP contribution in [0.1, 0.15) is 89.3 Å². The third kappa shape index (κ3) is 6.09. The van der Waals surface area contributed by atoms with Crippen molar-refractivity contribution in [2.45, 2.75) is 85.4 Å². The summed E-state index contributed by atoms with van der Waals surface area (Å²) in [4.78, 5) is 23.0. The molecule has 0 spiro atoms. The lowest BCUT2D eigenvalue weighted by molar-refractivity contribution is -0.149. The van der Waals surface area contributed by atoms with Crippen LogP contribution >= 0.6 is 0 Å². The first-order valence-corrected chi connectivity index (χ1v) is 10.4. The van der Waals surface area contributed by atoms with Crippen molar-refractivity contribution in [2.24, 2.45) is 5.92 Å². The molecule has 1 aliphatic rings. The highest BCUT2D eigenvalue weighted by Crippen LogP contribution is 2.48. The topological polar surface area (TPSA) is 72.8 Å². The second-order valence-electron chi connectivity index (χ2n) is 8.54. The molecule has 0 aromatic heterocycles. The van der Waals surface area contributed by atoms with Gasteiger partial charge in [0.2, 0.25) is 0 Å². The summed E-state index contributed by atoms with van der Waals surface area (Å²) < 4.78 is 10.9. The van der Waals surface area contributed by atoms with Crippen LogP contribution < -0.4 is 0 Å². The highest BCUT2D eigenvalue weighted by molar-refractivity contribution is 5.67. The first-order chi connectivity index (χ1) is 13.6. The van der Waals surface area contributed by atoms with Crippen LogP contribution in [-0.2, 0) is 25.7 Å². The van der Waals surface area contributed by atoms with Gasteiger partial charge in [-0.25, -0.2) is 0 Å². The molecular weight excluding hydrogens is 368 g/mol. The van der Waals surface area contributed by atoms with Gasteiger partial charge in [0.25, 0.3) is 0 Å². The molecule has 0 aliphatic heterocycles. The lowest BCUT2D eigenvalue weighted by atomic mass is 9.69. The lowest BCUT2D eigenvalue weighted by Gasteiger charge is -2.40. The zero-order valence-corrected chi connectivity index (χ0v) is 18.5. The van der Waals surface area contributed by atoms with Crippen LogP contribution in [-0.4, -0.2) is 23.1 Å². The van der Waals surface area contributed by atoms with Crippen molar-refractivity contribution in [1.82, 2.24) is 0 Å². The Balaban J connectivity index is 2.45. The molecule has 0 fully saturated rings. The maximum Gasteiger partial charge on any atom is 0.302 e. The van der Waals surface area contributed by atoms with E-state index in [1.807, 2.05) is 13.0 Å². The molecule has 0 saturated heterocycles. The molecule has 29 heavy (non-hydrogen) atoms. The van der Waals surface area contributed by atoms with Crippen LogP contribution in [0.25, 0.3) is 0 Å². The smallest absolute Gasteiger partial charge is 0.302 e. The molecule has 5 nitrogen and oxygen atoms in total. The van der Waals surface area contributed by atoms with Crippen LogP contribution in [0.15, 0.2) is 23.8 Å². The molecule has 1 N–H and O–H groups in total. The summed E-state index contributed by atoms with van der Waals surface area (Å²) in [7, 11) is 0. The molecule has 2 rings (SSSR count). The van der Waals surface area contributed by atoms with Crippen molar-refractivity contribution in [2.75, 3.05) is 0 Å². The number of phenolic OH excluding ortho intramolecular Hbond substituents is 1. The number of hydrogen-bond donors (Lipinski definition) is 1. The standard InChI is InChI=1S/C24H34O5/c1-14(2)8-7-9-15(3)24-20-11-19(13-28-17(5)25)12-21(27)23(20)16(4)10-22(24)29-18(6)26/h8,11-12,15-16,22,24,27H,7,9-10,13H2,1-6H3/t15-,16+,22+,24-/m0/s1. The summed E-state index contributed by atoms with van der Waals surface area (Å²) in [5.74, 6) is -0.117. The fourth-order valence-corrected chi connectivity index (χ4v) is 4.44. The number of esters is 2. The van der Waals surface area contributed by atoms with E-state index in [-0.39, 0.29) is 48.2 Å². The number of ether oxygens (including phenoxy) is 2. The quantitative estimate of drug-likeness (QED) is 0.491. The molecule has 0 amide bonds. The van der Waals surface area contributed by atoms with Crippen molar-refractivity contribution in [1.29, 1.82) is 0 Å². The van der Waals surface area contributed by atoms with Crippen LogP contribution in [0.3, 0.4) is 0 Å². The summed E-state index contributed by atoms with van der Waals surface area (Å²) in [5, 5.41) is 10.7. The van der Waals surface area contributed by atoms with Crippen LogP contribution in [0.5, 0.6) is 5.75 Å². The fraction of sp³-hybridized carbons (Fsp3) is 0.583. The molecule has 0 unspecified atom stereocenters. The highest BCUT2D eigenvalue weighted by Gasteiger charge is 2.39. The van der Waals surface area contributed by atoms with Crippen molar-refractivity contribution >= 4 is 11.9 Å². The van der Waals surface area contributed by atoms with E-state index in [4.69, 9.17) is 9.47 Å². The minimum Gasteiger partial charge on any atom is -0.508 e. The Kier molecular flexibility index (Phi) is 7.88. The predicted molar refractivity (Wildman–Crippen MR) is 113 cm³/mol. The van der Waals surface area contributed by atoms with E-state index < -0.39 is 0 Å². The van der Waals surface area contributed by atoms with Gasteiger partial charge in [-0.2, -0.15) is 0 Å². The number of phenols is 1. The Morgan fingerprint density at radius 2 is 1.90 bits per heavy atom. The summed E-state index contributed by atoms with van der Waals surface area (Å²) in [6.45, 7) is 11.3. The molecule has 0 bridgehead atoms. The number of carbonyl (C=O) groups excluding carboxylic acids is 2. The van der Waals surface area contributed by atoms with Crippen LogP contribution in [0.2, 0.25) is 0 Å². The average Bonchev–Trinajstić information content (AvgIpc) is 2.58. The zero-order chi connectivity index (χ0) is 21.7. The van der Waals surface area contributed by atoms with Gasteiger partial charge in [0.1, 0.15) is 18.5 Å². The van der Waals surface area contributed by atoms with E-state index in [0.29, 0.717) is 6.42 Å². The molecule has 4 atom stereocenters. The molecule has 1 aromatic rings. The van der Waals surface area contributed by atoms with Gasteiger partial charge in [-0.3, -0.25) is 9.59 Å². The first-order valence-electron chi connectivity index (χ1n) is 10.4. The number of fused-ring (bicyclic) bond motifs is 1. The van der Waals surface area contributed by atoms with Gasteiger partial charge >= 0.3 is 11.9 Å². The van der Waals surface area contributed by atoms with Crippen molar-refractivity contribution in [3.63, 3.8) is 0 Å². The van der Waals surface area contributed by atoms with Crippen molar-refractivity contribution in [3.05, 3.63) is 40.5 Å². The minimum atomic E-state index is -0.361. The second kappa shape index (κ2) is 9.95. The summed E-state index contributed by atoms with van der Waals surface area (Å²) >= 11 is 0. The zero-order valence-electron chi connectivity index (χ0n) is 18.5.